The molecule has 8 heteroatoms. The number of rotatable bonds is 5. The molecule has 1 aliphatic heterocycles. The van der Waals surface area contributed by atoms with Crippen LogP contribution in [-0.2, 0) is 14.4 Å². The number of nitrogens with zero attached hydrogens (tertiary/aromatic N) is 1. The fraction of sp³-hybridized carbons (Fsp3) is 0.444. The molecule has 7 nitrogen and oxygen atoms in total. The maximum atomic E-state index is 12.4. The minimum absolute atomic E-state index is 0.00606. The number of halogens is 1. The second kappa shape index (κ2) is 7.45. The second-order valence-electron chi connectivity index (χ2n) is 6.68. The van der Waals surface area contributed by atoms with Crippen molar-refractivity contribution in [1.29, 1.82) is 0 Å². The van der Waals surface area contributed by atoms with E-state index < -0.39 is 5.91 Å². The summed E-state index contributed by atoms with van der Waals surface area (Å²) in [6.45, 7) is 0.0730. The molecule has 1 heterocycles. The number of anilines is 1. The number of fused-ring (bicyclic) bond motifs is 1. The molecule has 1 saturated heterocycles. The van der Waals surface area contributed by atoms with E-state index in [1.807, 2.05) is 0 Å². The lowest BCUT2D eigenvalue weighted by Crippen LogP contribution is -2.34. The van der Waals surface area contributed by atoms with Gasteiger partial charge in [0.25, 0.3) is 0 Å². The van der Waals surface area contributed by atoms with Crippen molar-refractivity contribution >= 4 is 40.9 Å². The zero-order valence-electron chi connectivity index (χ0n) is 14.2. The average molecular weight is 378 g/mol. The average Bonchev–Trinajstić information content (AvgIpc) is 2.84. The van der Waals surface area contributed by atoms with Gasteiger partial charge in [-0.15, -0.1) is 0 Å². The molecule has 1 aliphatic carbocycles. The Morgan fingerprint density at radius 2 is 1.77 bits per heavy atom. The molecule has 26 heavy (non-hydrogen) atoms. The number of hydrogen-bond donors (Lipinski definition) is 2. The van der Waals surface area contributed by atoms with Crippen molar-refractivity contribution in [2.45, 2.75) is 32.1 Å². The summed E-state index contributed by atoms with van der Waals surface area (Å²) in [5, 5.41) is 2.78. The van der Waals surface area contributed by atoms with Gasteiger partial charge in [-0.3, -0.25) is 24.1 Å². The Morgan fingerprint density at radius 1 is 1.15 bits per heavy atom. The van der Waals surface area contributed by atoms with Gasteiger partial charge in [0.05, 0.1) is 22.4 Å². The molecule has 138 valence electrons. The van der Waals surface area contributed by atoms with Crippen molar-refractivity contribution in [3.05, 3.63) is 28.8 Å². The number of imide groups is 1. The van der Waals surface area contributed by atoms with Crippen LogP contribution in [0, 0.1) is 11.8 Å². The number of nitrogens with one attached hydrogen (secondary N) is 1. The van der Waals surface area contributed by atoms with Crippen LogP contribution >= 0.6 is 11.6 Å². The van der Waals surface area contributed by atoms with E-state index >= 15 is 0 Å². The molecule has 0 aromatic heterocycles. The van der Waals surface area contributed by atoms with Gasteiger partial charge in [-0.1, -0.05) is 24.4 Å². The third kappa shape index (κ3) is 3.58. The predicted molar refractivity (Wildman–Crippen MR) is 95.4 cm³/mol. The van der Waals surface area contributed by atoms with E-state index in [-0.39, 0.29) is 53.1 Å². The zero-order chi connectivity index (χ0) is 18.8. The summed E-state index contributed by atoms with van der Waals surface area (Å²) in [7, 11) is 0. The molecule has 1 aromatic rings. The van der Waals surface area contributed by atoms with Gasteiger partial charge in [0.1, 0.15) is 0 Å². The van der Waals surface area contributed by atoms with Crippen LogP contribution in [0.2, 0.25) is 5.02 Å². The van der Waals surface area contributed by atoms with Crippen LogP contribution in [0.5, 0.6) is 0 Å². The third-order valence-electron chi connectivity index (χ3n) is 5.01. The number of primary amides is 1. The first-order valence-corrected chi connectivity index (χ1v) is 9.00. The Bertz CT molecular complexity index is 756. The molecule has 1 saturated carbocycles. The highest BCUT2D eigenvalue weighted by Gasteiger charge is 2.47. The first-order chi connectivity index (χ1) is 12.4. The van der Waals surface area contributed by atoms with Crippen LogP contribution < -0.4 is 11.1 Å². The maximum absolute atomic E-state index is 12.4. The summed E-state index contributed by atoms with van der Waals surface area (Å²) in [5.41, 5.74) is 5.76. The molecule has 0 radical (unpaired) electrons. The van der Waals surface area contributed by atoms with Gasteiger partial charge in [0, 0.05) is 18.7 Å². The van der Waals surface area contributed by atoms with Crippen LogP contribution in [-0.4, -0.2) is 35.1 Å². The van der Waals surface area contributed by atoms with E-state index in [1.54, 1.807) is 0 Å². The Balaban J connectivity index is 1.57. The lowest BCUT2D eigenvalue weighted by atomic mass is 9.81. The summed E-state index contributed by atoms with van der Waals surface area (Å²) in [4.78, 5) is 49.3. The zero-order valence-corrected chi connectivity index (χ0v) is 14.9. The van der Waals surface area contributed by atoms with Crippen molar-refractivity contribution in [3.8, 4) is 0 Å². The lowest BCUT2D eigenvalue weighted by molar-refractivity contribution is -0.140. The number of nitrogens with two attached hydrogens (primary N) is 1. The Morgan fingerprint density at radius 3 is 2.31 bits per heavy atom. The van der Waals surface area contributed by atoms with Gasteiger partial charge in [-0.05, 0) is 31.0 Å². The van der Waals surface area contributed by atoms with Crippen LogP contribution in [0.4, 0.5) is 5.69 Å². The summed E-state index contributed by atoms with van der Waals surface area (Å²) in [6.07, 6.45) is 3.45. The lowest BCUT2D eigenvalue weighted by Gasteiger charge is -2.19. The molecule has 2 unspecified atom stereocenters. The van der Waals surface area contributed by atoms with E-state index in [4.69, 9.17) is 17.3 Å². The van der Waals surface area contributed by atoms with E-state index in [0.717, 1.165) is 25.7 Å². The summed E-state index contributed by atoms with van der Waals surface area (Å²) in [6, 6.07) is 4.38. The van der Waals surface area contributed by atoms with Gasteiger partial charge < -0.3 is 11.1 Å². The molecule has 1 aromatic carbocycles. The highest BCUT2D eigenvalue weighted by atomic mass is 35.5. The van der Waals surface area contributed by atoms with E-state index in [0.29, 0.717) is 5.69 Å². The molecular weight excluding hydrogens is 358 g/mol. The van der Waals surface area contributed by atoms with Crippen molar-refractivity contribution in [1.82, 2.24) is 4.90 Å². The van der Waals surface area contributed by atoms with Crippen molar-refractivity contribution < 1.29 is 19.2 Å². The Kier molecular flexibility index (Phi) is 5.27. The maximum Gasteiger partial charge on any atom is 0.250 e. The first-order valence-electron chi connectivity index (χ1n) is 8.63. The first kappa shape index (κ1) is 18.4. The quantitative estimate of drug-likeness (QED) is 0.764. The van der Waals surface area contributed by atoms with Gasteiger partial charge in [-0.2, -0.15) is 0 Å². The highest BCUT2D eigenvalue weighted by molar-refractivity contribution is 6.34. The van der Waals surface area contributed by atoms with Gasteiger partial charge in [-0.25, -0.2) is 0 Å². The predicted octanol–water partition coefficient (Wildman–Crippen LogP) is 1.94. The molecule has 4 amide bonds. The number of amides is 4. The highest BCUT2D eigenvalue weighted by Crippen LogP contribution is 2.38. The van der Waals surface area contributed by atoms with Crippen LogP contribution in [0.25, 0.3) is 0 Å². The number of hydrogen-bond acceptors (Lipinski definition) is 4. The number of likely N-dealkylation sites (tertiary alicyclic amines) is 1. The summed E-state index contributed by atoms with van der Waals surface area (Å²) >= 11 is 5.95. The van der Waals surface area contributed by atoms with Crippen LogP contribution in [0.15, 0.2) is 18.2 Å². The SMILES string of the molecule is NC(=O)c1ccc(NC(=O)CCN2C(=O)C3CCCCC3C2=O)cc1Cl. The summed E-state index contributed by atoms with van der Waals surface area (Å²) in [5.74, 6) is -1.72. The fourth-order valence-electron chi connectivity index (χ4n) is 3.68. The minimum Gasteiger partial charge on any atom is -0.366 e. The van der Waals surface area contributed by atoms with E-state index in [2.05, 4.69) is 5.32 Å². The number of carbonyl (C=O) groups is 4. The van der Waals surface area contributed by atoms with Crippen molar-refractivity contribution in [2.75, 3.05) is 11.9 Å². The molecule has 2 atom stereocenters. The van der Waals surface area contributed by atoms with Gasteiger partial charge in [0.15, 0.2) is 0 Å². The minimum atomic E-state index is -0.652. The molecule has 0 bridgehead atoms. The molecule has 2 fully saturated rings. The van der Waals surface area contributed by atoms with Crippen molar-refractivity contribution in [2.24, 2.45) is 17.6 Å². The third-order valence-corrected chi connectivity index (χ3v) is 5.33. The van der Waals surface area contributed by atoms with E-state index in [9.17, 15) is 19.2 Å². The molecule has 2 aliphatic rings. The molecular formula is C18H20ClN3O4. The Labute approximate surface area is 155 Å². The fourth-order valence-corrected chi connectivity index (χ4v) is 3.95. The van der Waals surface area contributed by atoms with Crippen molar-refractivity contribution in [3.63, 3.8) is 0 Å². The summed E-state index contributed by atoms with van der Waals surface area (Å²) < 4.78 is 0. The monoisotopic (exact) mass is 377 g/mol. The topological polar surface area (TPSA) is 110 Å². The largest absolute Gasteiger partial charge is 0.366 e. The van der Waals surface area contributed by atoms with Gasteiger partial charge in [0.2, 0.25) is 23.6 Å². The second-order valence-corrected chi connectivity index (χ2v) is 7.09. The smallest absolute Gasteiger partial charge is 0.250 e. The standard InChI is InChI=1S/C18H20ClN3O4/c19-14-9-10(5-6-13(14)16(20)24)21-15(23)7-8-22-17(25)11-3-1-2-4-12(11)18(22)26/h5-6,9,11-12H,1-4,7-8H2,(H2,20,24)(H,21,23). The normalized spacial score (nSPS) is 22.3. The van der Waals surface area contributed by atoms with Crippen LogP contribution in [0.1, 0.15) is 42.5 Å². The number of carbonyl (C=O) groups excluding carboxylic acids is 4. The number of benzene rings is 1. The Hall–Kier alpha value is -2.41. The molecule has 0 spiro atoms. The molecule has 3 rings (SSSR count). The molecule has 3 N–H and O–H groups in total. The van der Waals surface area contributed by atoms with Gasteiger partial charge >= 0.3 is 0 Å². The van der Waals surface area contributed by atoms with E-state index in [1.165, 1.54) is 23.1 Å². The van der Waals surface area contributed by atoms with Crippen LogP contribution in [0.3, 0.4) is 0 Å².